The minimum absolute atomic E-state index is 0.0254. The van der Waals surface area contributed by atoms with Crippen molar-refractivity contribution >= 4 is 22.5 Å². The van der Waals surface area contributed by atoms with Crippen LogP contribution in [0.1, 0.15) is 18.1 Å². The maximum atomic E-state index is 6.20. The van der Waals surface area contributed by atoms with Crippen LogP contribution >= 0.6 is 11.6 Å². The van der Waals surface area contributed by atoms with E-state index in [1.54, 1.807) is 0 Å². The van der Waals surface area contributed by atoms with Gasteiger partial charge in [0, 0.05) is 23.9 Å². The minimum Gasteiger partial charge on any atom is -0.483 e. The van der Waals surface area contributed by atoms with Gasteiger partial charge in [-0.2, -0.15) is 0 Å². The molecule has 3 heteroatoms. The van der Waals surface area contributed by atoms with Gasteiger partial charge >= 0.3 is 0 Å². The molecule has 3 rings (SSSR count). The second-order valence-corrected chi connectivity index (χ2v) is 5.07. The number of aromatic amines is 1. The van der Waals surface area contributed by atoms with Gasteiger partial charge in [-0.05, 0) is 17.7 Å². The zero-order valence-electron chi connectivity index (χ0n) is 11.1. The number of halogens is 1. The van der Waals surface area contributed by atoms with E-state index in [9.17, 15) is 0 Å². The highest BCUT2D eigenvalue weighted by Gasteiger charge is 2.14. The Bertz CT molecular complexity index is 678. The third kappa shape index (κ3) is 2.66. The average Bonchev–Trinajstić information content (AvgIpc) is 2.97. The molecule has 0 amide bonds. The van der Waals surface area contributed by atoms with Crippen molar-refractivity contribution in [1.29, 1.82) is 0 Å². The quantitative estimate of drug-likeness (QED) is 0.662. The number of hydrogen-bond donors (Lipinski definition) is 1. The molecule has 2 aromatic carbocycles. The van der Waals surface area contributed by atoms with Gasteiger partial charge in [0.25, 0.3) is 0 Å². The Morgan fingerprint density at radius 2 is 1.85 bits per heavy atom. The second-order valence-electron chi connectivity index (χ2n) is 4.69. The molecule has 1 N–H and O–H groups in total. The number of para-hydroxylation sites is 1. The van der Waals surface area contributed by atoms with Crippen molar-refractivity contribution in [2.45, 2.75) is 12.5 Å². The van der Waals surface area contributed by atoms with Crippen LogP contribution in [0.5, 0.6) is 5.75 Å². The molecule has 3 aromatic rings. The molecule has 0 bridgehead atoms. The first-order valence-corrected chi connectivity index (χ1v) is 7.25. The van der Waals surface area contributed by atoms with Gasteiger partial charge in [-0.3, -0.25) is 0 Å². The first-order chi connectivity index (χ1) is 9.88. The molecular weight excluding hydrogens is 270 g/mol. The first-order valence-electron chi connectivity index (χ1n) is 6.72. The van der Waals surface area contributed by atoms with Crippen LogP contribution in [-0.4, -0.2) is 10.9 Å². The van der Waals surface area contributed by atoms with E-state index in [2.05, 4.69) is 23.2 Å². The number of nitrogens with one attached hydrogen (secondary N) is 1. The maximum absolute atomic E-state index is 6.20. The van der Waals surface area contributed by atoms with Crippen LogP contribution in [0.3, 0.4) is 0 Å². The van der Waals surface area contributed by atoms with E-state index in [0.29, 0.717) is 5.88 Å². The van der Waals surface area contributed by atoms with Gasteiger partial charge in [-0.15, -0.1) is 11.6 Å². The van der Waals surface area contributed by atoms with E-state index in [4.69, 9.17) is 16.3 Å². The lowest BCUT2D eigenvalue weighted by atomic mass is 10.1. The molecule has 0 spiro atoms. The van der Waals surface area contributed by atoms with Gasteiger partial charge in [-0.25, -0.2) is 0 Å². The third-order valence-corrected chi connectivity index (χ3v) is 3.58. The van der Waals surface area contributed by atoms with Gasteiger partial charge in [0.1, 0.15) is 11.9 Å². The van der Waals surface area contributed by atoms with Gasteiger partial charge in [0.05, 0.1) is 5.52 Å². The van der Waals surface area contributed by atoms with E-state index in [0.717, 1.165) is 28.6 Å². The van der Waals surface area contributed by atoms with Crippen molar-refractivity contribution in [3.8, 4) is 5.75 Å². The fraction of sp³-hybridized carbons (Fsp3) is 0.176. The highest BCUT2D eigenvalue weighted by Crippen LogP contribution is 2.30. The summed E-state index contributed by atoms with van der Waals surface area (Å²) < 4.78 is 6.20. The van der Waals surface area contributed by atoms with Crippen LogP contribution in [0.4, 0.5) is 0 Å². The number of rotatable bonds is 5. The van der Waals surface area contributed by atoms with Crippen molar-refractivity contribution < 1.29 is 4.74 Å². The topological polar surface area (TPSA) is 25.0 Å². The minimum atomic E-state index is -0.0254. The number of H-pyrrole nitrogens is 1. The van der Waals surface area contributed by atoms with E-state index in [1.165, 1.54) is 0 Å². The first kappa shape index (κ1) is 13.1. The molecule has 0 fully saturated rings. The Labute approximate surface area is 123 Å². The highest BCUT2D eigenvalue weighted by atomic mass is 35.5. The number of aromatic nitrogens is 1. The molecule has 0 radical (unpaired) electrons. The van der Waals surface area contributed by atoms with Crippen LogP contribution in [0.2, 0.25) is 0 Å². The molecule has 0 aliphatic carbocycles. The van der Waals surface area contributed by atoms with E-state index < -0.39 is 0 Å². The van der Waals surface area contributed by atoms with Crippen molar-refractivity contribution in [3.63, 3.8) is 0 Å². The highest BCUT2D eigenvalue weighted by molar-refractivity contribution is 6.17. The molecular formula is C17H16ClNO. The Hall–Kier alpha value is -1.93. The summed E-state index contributed by atoms with van der Waals surface area (Å²) in [6.07, 6.45) is 2.68. The lowest BCUT2D eigenvalue weighted by Crippen LogP contribution is -2.08. The maximum Gasteiger partial charge on any atom is 0.144 e. The average molecular weight is 286 g/mol. The van der Waals surface area contributed by atoms with Gasteiger partial charge < -0.3 is 9.72 Å². The van der Waals surface area contributed by atoms with Crippen molar-refractivity contribution in [2.24, 2.45) is 0 Å². The predicted octanol–water partition coefficient (Wildman–Crippen LogP) is 4.92. The van der Waals surface area contributed by atoms with Gasteiger partial charge in [0.2, 0.25) is 0 Å². The molecule has 2 nitrogen and oxygen atoms in total. The van der Waals surface area contributed by atoms with Crippen molar-refractivity contribution in [3.05, 3.63) is 66.4 Å². The SMILES string of the molecule is ClCCC(Oc1cccc2cc[nH]c12)c1ccccc1. The van der Waals surface area contributed by atoms with Crippen molar-refractivity contribution in [1.82, 2.24) is 4.98 Å². The molecule has 20 heavy (non-hydrogen) atoms. The second kappa shape index (κ2) is 6.02. The van der Waals surface area contributed by atoms with Crippen LogP contribution in [0.15, 0.2) is 60.8 Å². The van der Waals surface area contributed by atoms with Crippen LogP contribution in [0, 0.1) is 0 Å². The lowest BCUT2D eigenvalue weighted by Gasteiger charge is -2.19. The molecule has 1 aromatic heterocycles. The van der Waals surface area contributed by atoms with E-state index >= 15 is 0 Å². The van der Waals surface area contributed by atoms with Crippen LogP contribution in [0.25, 0.3) is 10.9 Å². The third-order valence-electron chi connectivity index (χ3n) is 3.36. The standard InChI is InChI=1S/C17H16ClNO/c18-11-9-15(13-5-2-1-3-6-13)20-16-8-4-7-14-10-12-19-17(14)16/h1-8,10,12,15,19H,9,11H2. The van der Waals surface area contributed by atoms with Crippen molar-refractivity contribution in [2.75, 3.05) is 5.88 Å². The largest absolute Gasteiger partial charge is 0.483 e. The van der Waals surface area contributed by atoms with E-state index in [1.807, 2.05) is 42.6 Å². The molecule has 0 aliphatic rings. The zero-order chi connectivity index (χ0) is 13.8. The normalized spacial score (nSPS) is 12.4. The summed E-state index contributed by atoms with van der Waals surface area (Å²) in [5, 5.41) is 1.15. The zero-order valence-corrected chi connectivity index (χ0v) is 11.8. The summed E-state index contributed by atoms with van der Waals surface area (Å²) in [6, 6.07) is 18.3. The van der Waals surface area contributed by atoms with Gasteiger partial charge in [0.15, 0.2) is 0 Å². The summed E-state index contributed by atoms with van der Waals surface area (Å²) in [4.78, 5) is 3.23. The Morgan fingerprint density at radius 3 is 2.65 bits per heavy atom. The van der Waals surface area contributed by atoms with Gasteiger partial charge in [-0.1, -0.05) is 42.5 Å². The number of hydrogen-bond acceptors (Lipinski definition) is 1. The Kier molecular flexibility index (Phi) is 3.93. The molecule has 0 aliphatic heterocycles. The van der Waals surface area contributed by atoms with Crippen LogP contribution < -0.4 is 4.74 Å². The summed E-state index contributed by atoms with van der Waals surface area (Å²) >= 11 is 5.92. The summed E-state index contributed by atoms with van der Waals surface area (Å²) in [5.41, 5.74) is 2.18. The fourth-order valence-corrected chi connectivity index (χ4v) is 2.57. The van der Waals surface area contributed by atoms with E-state index in [-0.39, 0.29) is 6.10 Å². The molecule has 0 saturated carbocycles. The Balaban J connectivity index is 1.92. The predicted molar refractivity (Wildman–Crippen MR) is 83.4 cm³/mol. The molecule has 1 atom stereocenters. The Morgan fingerprint density at radius 1 is 1.00 bits per heavy atom. The molecule has 1 unspecified atom stereocenters. The monoisotopic (exact) mass is 285 g/mol. The smallest absolute Gasteiger partial charge is 0.144 e. The summed E-state index contributed by atoms with van der Waals surface area (Å²) in [7, 11) is 0. The number of fused-ring (bicyclic) bond motifs is 1. The summed E-state index contributed by atoms with van der Waals surface area (Å²) in [6.45, 7) is 0. The van der Waals surface area contributed by atoms with Crippen LogP contribution in [-0.2, 0) is 0 Å². The lowest BCUT2D eigenvalue weighted by molar-refractivity contribution is 0.204. The molecule has 1 heterocycles. The molecule has 102 valence electrons. The number of ether oxygens (including phenoxy) is 1. The summed E-state index contributed by atoms with van der Waals surface area (Å²) in [5.74, 6) is 1.44. The number of alkyl halides is 1. The molecule has 0 saturated heterocycles. The fourth-order valence-electron chi connectivity index (χ4n) is 2.37. The number of benzene rings is 2.